The maximum absolute atomic E-state index is 6.07. The van der Waals surface area contributed by atoms with Crippen LogP contribution in [0, 0.1) is 16.2 Å². The van der Waals surface area contributed by atoms with Crippen LogP contribution in [0.25, 0.3) is 0 Å². The SMILES string of the molecule is CC(C)(C)C1CC(Oc2ccccn2)CN1C(C)(C)C.CC(C)(C)C1CC(Oc2ccncn2)CN1C(C)(C)C.CC(C)(C)C1CC(Oc2ccncn2)CN1C(C)(C)C. The van der Waals surface area contributed by atoms with Crippen molar-refractivity contribution in [3.63, 3.8) is 0 Å². The van der Waals surface area contributed by atoms with E-state index in [4.69, 9.17) is 14.2 Å². The quantitative estimate of drug-likeness (QED) is 0.237. The summed E-state index contributed by atoms with van der Waals surface area (Å²) in [5, 5.41) is 0. The van der Waals surface area contributed by atoms with Crippen LogP contribution in [0.2, 0.25) is 0 Å². The van der Waals surface area contributed by atoms with E-state index in [1.165, 1.54) is 12.7 Å². The smallest absolute Gasteiger partial charge is 0.216 e. The Morgan fingerprint density at radius 1 is 0.417 bits per heavy atom. The van der Waals surface area contributed by atoms with E-state index >= 15 is 0 Å². The fourth-order valence-electron chi connectivity index (χ4n) is 8.96. The van der Waals surface area contributed by atoms with Crippen LogP contribution in [-0.4, -0.2) is 112 Å². The third-order valence-electron chi connectivity index (χ3n) is 12.0. The highest BCUT2D eigenvalue weighted by molar-refractivity contribution is 5.12. The molecule has 11 nitrogen and oxygen atoms in total. The van der Waals surface area contributed by atoms with Gasteiger partial charge in [-0.05, 0) is 84.6 Å². The molecule has 0 aromatic carbocycles. The van der Waals surface area contributed by atoms with Gasteiger partial charge >= 0.3 is 0 Å². The summed E-state index contributed by atoms with van der Waals surface area (Å²) < 4.78 is 18.1. The molecule has 11 heteroatoms. The Labute approximate surface area is 364 Å². The second-order valence-electron chi connectivity index (χ2n) is 23.3. The lowest BCUT2D eigenvalue weighted by atomic mass is 9.83. The van der Waals surface area contributed by atoms with E-state index < -0.39 is 0 Å². The zero-order valence-electron chi connectivity index (χ0n) is 40.8. The van der Waals surface area contributed by atoms with Crippen molar-refractivity contribution in [1.82, 2.24) is 39.6 Å². The summed E-state index contributed by atoms with van der Waals surface area (Å²) in [7, 11) is 0. The normalized spacial score (nSPS) is 24.9. The highest BCUT2D eigenvalue weighted by Gasteiger charge is 2.47. The molecule has 0 radical (unpaired) electrons. The topological polar surface area (TPSA) is 102 Å². The molecular formula is C49H82N8O3. The van der Waals surface area contributed by atoms with Gasteiger partial charge in [0.2, 0.25) is 17.6 Å². The lowest BCUT2D eigenvalue weighted by Gasteiger charge is -2.42. The van der Waals surface area contributed by atoms with Gasteiger partial charge in [-0.3, -0.25) is 14.7 Å². The summed E-state index contributed by atoms with van der Waals surface area (Å²) >= 11 is 0. The molecule has 6 atom stereocenters. The summed E-state index contributed by atoms with van der Waals surface area (Å²) in [6, 6.07) is 11.1. The lowest BCUT2D eigenvalue weighted by Crippen LogP contribution is -2.49. The Kier molecular flexibility index (Phi) is 15.9. The second kappa shape index (κ2) is 19.3. The van der Waals surface area contributed by atoms with Crippen molar-refractivity contribution in [2.45, 2.75) is 197 Å². The van der Waals surface area contributed by atoms with Gasteiger partial charge in [0.1, 0.15) is 31.0 Å². The summed E-state index contributed by atoms with van der Waals surface area (Å²) in [5.41, 5.74) is 1.23. The average molecular weight is 831 g/mol. The van der Waals surface area contributed by atoms with Crippen LogP contribution < -0.4 is 14.2 Å². The van der Waals surface area contributed by atoms with Crippen molar-refractivity contribution in [3.8, 4) is 17.6 Å². The third-order valence-corrected chi connectivity index (χ3v) is 12.0. The predicted molar refractivity (Wildman–Crippen MR) is 245 cm³/mol. The molecule has 0 N–H and O–H groups in total. The summed E-state index contributed by atoms with van der Waals surface area (Å²) in [4.78, 5) is 28.2. The van der Waals surface area contributed by atoms with Crippen LogP contribution >= 0.6 is 0 Å². The van der Waals surface area contributed by atoms with E-state index in [9.17, 15) is 0 Å². The minimum absolute atomic E-state index is 0.154. The molecule has 6 rings (SSSR count). The fourth-order valence-corrected chi connectivity index (χ4v) is 8.96. The molecule has 3 aliphatic heterocycles. The van der Waals surface area contributed by atoms with E-state index in [-0.39, 0.29) is 51.2 Å². The maximum Gasteiger partial charge on any atom is 0.216 e. The number of likely N-dealkylation sites (tertiary alicyclic amines) is 3. The van der Waals surface area contributed by atoms with Crippen molar-refractivity contribution < 1.29 is 14.2 Å². The molecule has 336 valence electrons. The number of aromatic nitrogens is 5. The van der Waals surface area contributed by atoms with E-state index in [2.05, 4.69) is 164 Å². The van der Waals surface area contributed by atoms with Crippen molar-refractivity contribution >= 4 is 0 Å². The Balaban J connectivity index is 0.000000198. The highest BCUT2D eigenvalue weighted by atomic mass is 16.5. The van der Waals surface area contributed by atoms with Crippen LogP contribution in [0.3, 0.4) is 0 Å². The first kappa shape index (κ1) is 49.2. The Morgan fingerprint density at radius 2 is 0.733 bits per heavy atom. The molecular weight excluding hydrogens is 749 g/mol. The summed E-state index contributed by atoms with van der Waals surface area (Å²) in [5.74, 6) is 2.09. The Bertz CT molecular complexity index is 1430. The van der Waals surface area contributed by atoms with Crippen LogP contribution in [0.1, 0.15) is 144 Å². The van der Waals surface area contributed by atoms with Crippen molar-refractivity contribution in [2.24, 2.45) is 16.2 Å². The lowest BCUT2D eigenvalue weighted by molar-refractivity contribution is 0.0557. The average Bonchev–Trinajstić information content (AvgIpc) is 3.88. The van der Waals surface area contributed by atoms with E-state index in [1.54, 1.807) is 18.6 Å². The molecule has 0 saturated carbocycles. The third kappa shape index (κ3) is 14.3. The minimum Gasteiger partial charge on any atom is -0.473 e. The molecule has 60 heavy (non-hydrogen) atoms. The number of hydrogen-bond donors (Lipinski definition) is 0. The first-order chi connectivity index (χ1) is 27.5. The van der Waals surface area contributed by atoms with Gasteiger partial charge in [0.25, 0.3) is 0 Å². The van der Waals surface area contributed by atoms with Crippen molar-refractivity contribution in [2.75, 3.05) is 19.6 Å². The number of pyridine rings is 1. The molecule has 3 aromatic heterocycles. The van der Waals surface area contributed by atoms with E-state index in [1.807, 2.05) is 30.3 Å². The Morgan fingerprint density at radius 3 is 0.950 bits per heavy atom. The largest absolute Gasteiger partial charge is 0.473 e. The highest BCUT2D eigenvalue weighted by Crippen LogP contribution is 2.40. The van der Waals surface area contributed by atoms with Crippen LogP contribution in [0.15, 0.2) is 61.6 Å². The van der Waals surface area contributed by atoms with Gasteiger partial charge in [-0.2, -0.15) is 0 Å². The summed E-state index contributed by atoms with van der Waals surface area (Å²) in [6.07, 6.45) is 12.1. The number of ether oxygens (including phenoxy) is 3. The van der Waals surface area contributed by atoms with Gasteiger partial charge in [-0.15, -0.1) is 0 Å². The molecule has 0 spiro atoms. The Hall–Kier alpha value is -3.41. The monoisotopic (exact) mass is 831 g/mol. The fraction of sp³-hybridized carbons (Fsp3) is 0.735. The molecule has 3 aliphatic rings. The molecule has 3 fully saturated rings. The van der Waals surface area contributed by atoms with Crippen LogP contribution in [-0.2, 0) is 0 Å². The minimum atomic E-state index is 0.154. The number of rotatable bonds is 6. The second-order valence-corrected chi connectivity index (χ2v) is 23.3. The zero-order valence-corrected chi connectivity index (χ0v) is 40.8. The van der Waals surface area contributed by atoms with Crippen molar-refractivity contribution in [1.29, 1.82) is 0 Å². The zero-order chi connectivity index (χ0) is 44.9. The van der Waals surface area contributed by atoms with Gasteiger partial charge < -0.3 is 14.2 Å². The van der Waals surface area contributed by atoms with Gasteiger partial charge in [-0.25, -0.2) is 24.9 Å². The standard InChI is InChI=1S/C17H28N2O.2C16H27N3O/c1-16(2,3)14-11-13(12-19(14)17(4,5)6)20-15-9-7-8-10-18-15;2*1-15(2,3)13-9-12(10-19(13)16(4,5)6)20-14-7-8-17-11-18-14/h7-10,13-14H,11-12H2,1-6H3;2*7-8,11-13H,9-10H2,1-6H3. The summed E-state index contributed by atoms with van der Waals surface area (Å²) in [6.45, 7) is 44.2. The first-order valence-electron chi connectivity index (χ1n) is 22.3. The van der Waals surface area contributed by atoms with Gasteiger partial charge in [0, 0.05) is 110 Å². The molecule has 6 heterocycles. The van der Waals surface area contributed by atoms with E-state index in [0.717, 1.165) is 44.8 Å². The molecule has 0 bridgehead atoms. The molecule has 6 unspecified atom stereocenters. The van der Waals surface area contributed by atoms with Crippen LogP contribution in [0.4, 0.5) is 0 Å². The van der Waals surface area contributed by atoms with E-state index in [0.29, 0.717) is 29.9 Å². The van der Waals surface area contributed by atoms with Gasteiger partial charge in [0.05, 0.1) is 0 Å². The van der Waals surface area contributed by atoms with Gasteiger partial charge in [0.15, 0.2) is 0 Å². The first-order valence-corrected chi connectivity index (χ1v) is 22.3. The number of nitrogens with zero attached hydrogens (tertiary/aromatic N) is 8. The number of hydrogen-bond acceptors (Lipinski definition) is 11. The maximum atomic E-state index is 6.07. The molecule has 3 aromatic rings. The van der Waals surface area contributed by atoms with Gasteiger partial charge in [-0.1, -0.05) is 68.4 Å². The molecule has 3 saturated heterocycles. The predicted octanol–water partition coefficient (Wildman–Crippen LogP) is 10.0. The molecule has 0 aliphatic carbocycles. The van der Waals surface area contributed by atoms with Crippen LogP contribution in [0.5, 0.6) is 17.6 Å². The van der Waals surface area contributed by atoms with Crippen molar-refractivity contribution in [3.05, 3.63) is 61.6 Å². The molecule has 0 amide bonds.